The predicted octanol–water partition coefficient (Wildman–Crippen LogP) is 9.12. The fourth-order valence-electron chi connectivity index (χ4n) is 6.26. The number of carboxylic acids is 1. The van der Waals surface area contributed by atoms with Crippen LogP contribution in [0.15, 0.2) is 35.0 Å². The number of unbranched alkanes of at least 4 members (excludes halogenated alkanes) is 12. The Balaban J connectivity index is 2.16. The lowest BCUT2D eigenvalue weighted by atomic mass is 9.81. The highest BCUT2D eigenvalue weighted by atomic mass is 16.5. The van der Waals surface area contributed by atoms with E-state index in [1.165, 1.54) is 87.5 Å². The molecule has 6 heteroatoms. The molecule has 0 bridgehead atoms. The molecule has 6 nitrogen and oxygen atoms in total. The summed E-state index contributed by atoms with van der Waals surface area (Å²) in [4.78, 5) is 25.8. The Hall–Kier alpha value is -2.60. The zero-order valence-corrected chi connectivity index (χ0v) is 27.4. The van der Waals surface area contributed by atoms with Gasteiger partial charge in [0.05, 0.1) is 19.3 Å². The maximum absolute atomic E-state index is 12.7. The summed E-state index contributed by atoms with van der Waals surface area (Å²) in [6.07, 6.45) is 18.8. The second-order valence-corrected chi connectivity index (χ2v) is 11.7. The zero-order chi connectivity index (χ0) is 30.9. The van der Waals surface area contributed by atoms with Gasteiger partial charge >= 0.3 is 11.9 Å². The van der Waals surface area contributed by atoms with Crippen LogP contribution in [0.2, 0.25) is 0 Å². The highest BCUT2D eigenvalue weighted by molar-refractivity contribution is 6.32. The maximum Gasteiger partial charge on any atom is 0.394 e. The summed E-state index contributed by atoms with van der Waals surface area (Å²) in [5.41, 5.74) is 5.98. The number of aliphatic carboxylic acids is 1. The molecule has 1 aliphatic rings. The van der Waals surface area contributed by atoms with Crippen molar-refractivity contribution in [3.05, 3.63) is 46.2 Å². The minimum Gasteiger partial charge on any atom is -0.493 e. The van der Waals surface area contributed by atoms with Crippen LogP contribution in [0.4, 0.5) is 0 Å². The van der Waals surface area contributed by atoms with E-state index >= 15 is 0 Å². The average Bonchev–Trinajstić information content (AvgIpc) is 2.97. The predicted molar refractivity (Wildman–Crippen MR) is 173 cm³/mol. The SMILES string of the molecule is CCCCCCCCCCCCCCCc1cccc(OCC)c1C1=C(CCOC)C(C)N(C(=O)C(=O)O)C(C)=C1C. The largest absolute Gasteiger partial charge is 0.493 e. The number of carboxylic acid groups (broad SMARTS) is 1. The summed E-state index contributed by atoms with van der Waals surface area (Å²) < 4.78 is 11.6. The van der Waals surface area contributed by atoms with E-state index in [-0.39, 0.29) is 0 Å². The van der Waals surface area contributed by atoms with Gasteiger partial charge in [-0.25, -0.2) is 4.79 Å². The molecule has 1 N–H and O–H groups in total. The number of hydrogen-bond donors (Lipinski definition) is 1. The fraction of sp³-hybridized carbons (Fsp3) is 0.667. The number of carbonyl (C=O) groups excluding carboxylic acids is 1. The van der Waals surface area contributed by atoms with Gasteiger partial charge in [-0.1, -0.05) is 96.1 Å². The Morgan fingerprint density at radius 2 is 1.43 bits per heavy atom. The summed E-state index contributed by atoms with van der Waals surface area (Å²) in [7, 11) is 1.66. The van der Waals surface area contributed by atoms with Crippen molar-refractivity contribution < 1.29 is 24.2 Å². The lowest BCUT2D eigenvalue weighted by Gasteiger charge is -2.38. The number of ether oxygens (including phenoxy) is 2. The van der Waals surface area contributed by atoms with Gasteiger partial charge in [0.25, 0.3) is 0 Å². The van der Waals surface area contributed by atoms with Gasteiger partial charge in [-0.3, -0.25) is 9.69 Å². The van der Waals surface area contributed by atoms with Gasteiger partial charge in [0.15, 0.2) is 0 Å². The highest BCUT2D eigenvalue weighted by Crippen LogP contribution is 2.44. The molecular weight excluding hydrogens is 526 g/mol. The Bertz CT molecular complexity index is 1060. The second-order valence-electron chi connectivity index (χ2n) is 11.7. The van der Waals surface area contributed by atoms with Gasteiger partial charge in [0.1, 0.15) is 5.75 Å². The van der Waals surface area contributed by atoms with E-state index in [1.807, 2.05) is 33.8 Å². The van der Waals surface area contributed by atoms with Gasteiger partial charge in [-0.05, 0) is 75.3 Å². The first-order chi connectivity index (χ1) is 20.3. The lowest BCUT2D eigenvalue weighted by molar-refractivity contribution is -0.155. The molecule has 42 heavy (non-hydrogen) atoms. The van der Waals surface area contributed by atoms with Crippen LogP contribution in [-0.2, 0) is 20.7 Å². The van der Waals surface area contributed by atoms with E-state index in [1.54, 1.807) is 7.11 Å². The van der Waals surface area contributed by atoms with Gasteiger partial charge in [0.2, 0.25) is 0 Å². The van der Waals surface area contributed by atoms with Crippen LogP contribution in [0.3, 0.4) is 0 Å². The van der Waals surface area contributed by atoms with Gasteiger partial charge in [0, 0.05) is 18.4 Å². The van der Waals surface area contributed by atoms with Crippen molar-refractivity contribution in [1.82, 2.24) is 4.90 Å². The van der Waals surface area contributed by atoms with Crippen molar-refractivity contribution in [1.29, 1.82) is 0 Å². The second kappa shape index (κ2) is 19.6. The number of hydrogen-bond acceptors (Lipinski definition) is 4. The van der Waals surface area contributed by atoms with Crippen molar-refractivity contribution in [2.45, 2.75) is 137 Å². The van der Waals surface area contributed by atoms with Crippen LogP contribution < -0.4 is 4.74 Å². The number of nitrogens with zero attached hydrogens (tertiary/aromatic N) is 1. The van der Waals surface area contributed by atoms with Crippen molar-refractivity contribution in [3.63, 3.8) is 0 Å². The quantitative estimate of drug-likeness (QED) is 0.122. The van der Waals surface area contributed by atoms with Crippen LogP contribution in [0.1, 0.15) is 136 Å². The van der Waals surface area contributed by atoms with E-state index < -0.39 is 17.9 Å². The zero-order valence-electron chi connectivity index (χ0n) is 27.4. The first-order valence-electron chi connectivity index (χ1n) is 16.5. The molecule has 0 saturated carbocycles. The molecule has 0 radical (unpaired) electrons. The Labute approximate surface area is 255 Å². The Morgan fingerprint density at radius 3 is 1.95 bits per heavy atom. The molecule has 0 aliphatic carbocycles. The van der Waals surface area contributed by atoms with Crippen molar-refractivity contribution in [3.8, 4) is 5.75 Å². The fourth-order valence-corrected chi connectivity index (χ4v) is 6.26. The molecule has 2 rings (SSSR count). The molecule has 1 unspecified atom stereocenters. The van der Waals surface area contributed by atoms with Crippen LogP contribution in [-0.4, -0.2) is 48.2 Å². The standard InChI is InChI=1S/C36H57NO5/c1-7-9-10-11-12-13-14-15-16-17-18-19-20-22-30-23-21-24-32(42-8-2)34(30)33-27(3)28(4)37(35(38)36(39)40)29(5)31(33)25-26-41-6/h21,23-24,29H,7-20,22,25-26H2,1-6H3,(H,39,40). The van der Waals surface area contributed by atoms with Crippen LogP contribution >= 0.6 is 0 Å². The van der Waals surface area contributed by atoms with Gasteiger partial charge in [-0.15, -0.1) is 0 Å². The molecule has 1 heterocycles. The summed E-state index contributed by atoms with van der Waals surface area (Å²) in [6, 6.07) is 5.89. The summed E-state index contributed by atoms with van der Waals surface area (Å²) in [6.45, 7) is 11.0. The summed E-state index contributed by atoms with van der Waals surface area (Å²) in [5, 5.41) is 9.53. The molecule has 236 valence electrons. The first kappa shape index (κ1) is 35.6. The summed E-state index contributed by atoms with van der Waals surface area (Å²) >= 11 is 0. The molecular formula is C36H57NO5. The van der Waals surface area contributed by atoms with E-state index in [0.29, 0.717) is 25.3 Å². The highest BCUT2D eigenvalue weighted by Gasteiger charge is 2.36. The third-order valence-electron chi connectivity index (χ3n) is 8.68. The van der Waals surface area contributed by atoms with Gasteiger partial charge < -0.3 is 14.6 Å². The minimum atomic E-state index is -1.44. The molecule has 0 spiro atoms. The smallest absolute Gasteiger partial charge is 0.394 e. The lowest BCUT2D eigenvalue weighted by Crippen LogP contribution is -2.45. The number of aryl methyl sites for hydroxylation is 1. The van der Waals surface area contributed by atoms with Crippen molar-refractivity contribution in [2.75, 3.05) is 20.3 Å². The van der Waals surface area contributed by atoms with Crippen LogP contribution in [0.25, 0.3) is 5.57 Å². The van der Waals surface area contributed by atoms with Gasteiger partial charge in [-0.2, -0.15) is 0 Å². The number of rotatable bonds is 20. The molecule has 0 fully saturated rings. The number of benzene rings is 1. The topological polar surface area (TPSA) is 76.1 Å². The normalized spacial score (nSPS) is 15.5. The van der Waals surface area contributed by atoms with E-state index in [4.69, 9.17) is 9.47 Å². The van der Waals surface area contributed by atoms with E-state index in [2.05, 4.69) is 19.1 Å². The van der Waals surface area contributed by atoms with Crippen molar-refractivity contribution in [2.24, 2.45) is 0 Å². The molecule has 1 aromatic carbocycles. The number of methoxy groups -OCH3 is 1. The third-order valence-corrected chi connectivity index (χ3v) is 8.68. The minimum absolute atomic E-state index is 0.402. The number of carbonyl (C=O) groups is 2. The first-order valence-corrected chi connectivity index (χ1v) is 16.5. The molecule has 0 saturated heterocycles. The van der Waals surface area contributed by atoms with Crippen molar-refractivity contribution >= 4 is 17.4 Å². The van der Waals surface area contributed by atoms with E-state index in [9.17, 15) is 14.7 Å². The molecule has 1 amide bonds. The Morgan fingerprint density at radius 1 is 0.857 bits per heavy atom. The average molecular weight is 584 g/mol. The molecule has 1 atom stereocenters. The molecule has 1 aromatic rings. The Kier molecular flexibility index (Phi) is 16.6. The number of amides is 1. The van der Waals surface area contributed by atoms with Crippen LogP contribution in [0.5, 0.6) is 5.75 Å². The molecule has 0 aromatic heterocycles. The van der Waals surface area contributed by atoms with Crippen LogP contribution in [0, 0.1) is 0 Å². The maximum atomic E-state index is 12.7. The number of allylic oxidation sites excluding steroid dienone is 3. The third kappa shape index (κ3) is 10.3. The monoisotopic (exact) mass is 583 g/mol. The summed E-state index contributed by atoms with van der Waals surface area (Å²) in [5.74, 6) is -1.51. The molecule has 1 aliphatic heterocycles. The van der Waals surface area contributed by atoms with E-state index in [0.717, 1.165) is 40.9 Å².